The van der Waals surface area contributed by atoms with Crippen LogP contribution >= 0.6 is 23.2 Å². The third kappa shape index (κ3) is 4.28. The summed E-state index contributed by atoms with van der Waals surface area (Å²) in [6.45, 7) is 3.88. The Balaban J connectivity index is 1.49. The Hall–Kier alpha value is -3.01. The monoisotopic (exact) mass is 436 g/mol. The highest BCUT2D eigenvalue weighted by atomic mass is 35.5. The van der Waals surface area contributed by atoms with Gasteiger partial charge in [0, 0.05) is 21.2 Å². The predicted molar refractivity (Wildman–Crippen MR) is 121 cm³/mol. The van der Waals surface area contributed by atoms with Crippen LogP contribution in [0.3, 0.4) is 0 Å². The first-order valence-electron chi connectivity index (χ1n) is 9.36. The topological polar surface area (TPSA) is 43.4 Å². The van der Waals surface area contributed by atoms with Crippen LogP contribution in [0.5, 0.6) is 0 Å². The van der Waals surface area contributed by atoms with E-state index in [4.69, 9.17) is 32.0 Å². The van der Waals surface area contributed by atoms with E-state index in [1.165, 1.54) is 6.08 Å². The van der Waals surface area contributed by atoms with Crippen LogP contribution in [0.25, 0.3) is 28.7 Å². The Morgan fingerprint density at radius 2 is 1.33 bits per heavy atom. The summed E-state index contributed by atoms with van der Waals surface area (Å²) >= 11 is 12.4. The second kappa shape index (κ2) is 8.39. The smallest absolute Gasteiger partial charge is 0.221 e. The minimum atomic E-state index is -0.254. The van der Waals surface area contributed by atoms with Crippen molar-refractivity contribution in [2.24, 2.45) is 0 Å². The van der Waals surface area contributed by atoms with Gasteiger partial charge in [-0.15, -0.1) is 0 Å². The van der Waals surface area contributed by atoms with Crippen molar-refractivity contribution < 1.29 is 13.6 Å². The summed E-state index contributed by atoms with van der Waals surface area (Å²) < 4.78 is 11.5. The van der Waals surface area contributed by atoms with Crippen molar-refractivity contribution in [1.29, 1.82) is 0 Å². The third-order valence-corrected chi connectivity index (χ3v) is 5.60. The molecule has 0 aliphatic rings. The minimum Gasteiger partial charge on any atom is -0.457 e. The molecule has 3 nitrogen and oxygen atoms in total. The van der Waals surface area contributed by atoms with E-state index >= 15 is 0 Å². The quantitative estimate of drug-likeness (QED) is 0.235. The van der Waals surface area contributed by atoms with Crippen LogP contribution in [-0.4, -0.2) is 5.78 Å². The molecular weight excluding hydrogens is 419 g/mol. The zero-order valence-corrected chi connectivity index (χ0v) is 17.9. The van der Waals surface area contributed by atoms with Gasteiger partial charge >= 0.3 is 0 Å². The van der Waals surface area contributed by atoms with Gasteiger partial charge in [0.05, 0.1) is 0 Å². The number of carbonyl (C=O) groups is 1. The average molecular weight is 437 g/mol. The van der Waals surface area contributed by atoms with Gasteiger partial charge in [0.2, 0.25) is 5.78 Å². The number of aryl methyl sites for hydroxylation is 2. The van der Waals surface area contributed by atoms with Crippen LogP contribution in [0.1, 0.15) is 27.4 Å². The van der Waals surface area contributed by atoms with E-state index in [-0.39, 0.29) is 11.5 Å². The second-order valence-electron chi connectivity index (χ2n) is 6.99. The Bertz CT molecular complexity index is 1260. The number of hydrogen-bond acceptors (Lipinski definition) is 3. The summed E-state index contributed by atoms with van der Waals surface area (Å²) in [5, 5.41) is 1.33. The number of hydrogen-bond donors (Lipinski definition) is 0. The summed E-state index contributed by atoms with van der Waals surface area (Å²) in [6.07, 6.45) is 3.04. The maximum Gasteiger partial charge on any atom is 0.221 e. The molecule has 0 N–H and O–H groups in total. The number of halogens is 2. The molecule has 0 unspecified atom stereocenters. The highest BCUT2D eigenvalue weighted by Crippen LogP contribution is 2.29. The van der Waals surface area contributed by atoms with Gasteiger partial charge in [-0.05, 0) is 73.5 Å². The molecule has 4 aromatic rings. The first-order valence-corrected chi connectivity index (χ1v) is 10.1. The highest BCUT2D eigenvalue weighted by molar-refractivity contribution is 6.32. The molecule has 0 atom stereocenters. The van der Waals surface area contributed by atoms with Gasteiger partial charge in [0.15, 0.2) is 5.76 Å². The molecule has 0 amide bonds. The van der Waals surface area contributed by atoms with Crippen molar-refractivity contribution in [3.05, 3.63) is 99.4 Å². The maximum absolute atomic E-state index is 12.5. The number of allylic oxidation sites excluding steroid dienone is 1. The van der Waals surface area contributed by atoms with Crippen LogP contribution < -0.4 is 0 Å². The molecule has 0 aliphatic heterocycles. The molecule has 2 heterocycles. The fraction of sp³-hybridized carbons (Fsp3) is 0.0800. The van der Waals surface area contributed by atoms with Crippen LogP contribution in [0, 0.1) is 13.8 Å². The number of ketones is 1. The summed E-state index contributed by atoms with van der Waals surface area (Å²) in [6, 6.07) is 18.4. The zero-order valence-electron chi connectivity index (χ0n) is 16.4. The van der Waals surface area contributed by atoms with Gasteiger partial charge in [-0.1, -0.05) is 47.5 Å². The average Bonchev–Trinajstić information content (AvgIpc) is 3.40. The zero-order chi connectivity index (χ0) is 21.3. The lowest BCUT2D eigenvalue weighted by molar-refractivity contribution is 0.102. The predicted octanol–water partition coefficient (Wildman–Crippen LogP) is 8.03. The molecule has 150 valence electrons. The molecule has 30 heavy (non-hydrogen) atoms. The fourth-order valence-corrected chi connectivity index (χ4v) is 3.32. The first-order chi connectivity index (χ1) is 14.4. The molecule has 5 heteroatoms. The molecule has 2 aromatic heterocycles. The molecular formula is C25H18Cl2O3. The molecule has 0 radical (unpaired) electrons. The van der Waals surface area contributed by atoms with E-state index < -0.39 is 0 Å². The lowest BCUT2D eigenvalue weighted by Crippen LogP contribution is -1.90. The lowest BCUT2D eigenvalue weighted by atomic mass is 10.1. The Kier molecular flexibility index (Phi) is 5.67. The largest absolute Gasteiger partial charge is 0.457 e. The van der Waals surface area contributed by atoms with E-state index in [1.807, 2.05) is 56.3 Å². The third-order valence-electron chi connectivity index (χ3n) is 4.79. The summed E-state index contributed by atoms with van der Waals surface area (Å²) in [7, 11) is 0. The van der Waals surface area contributed by atoms with Crippen molar-refractivity contribution in [1.82, 2.24) is 0 Å². The van der Waals surface area contributed by atoms with Gasteiger partial charge in [-0.25, -0.2) is 0 Å². The lowest BCUT2D eigenvalue weighted by Gasteiger charge is -2.01. The Labute approximate surface area is 184 Å². The van der Waals surface area contributed by atoms with E-state index in [0.29, 0.717) is 27.3 Å². The van der Waals surface area contributed by atoms with Crippen molar-refractivity contribution in [2.75, 3.05) is 0 Å². The Morgan fingerprint density at radius 3 is 1.93 bits per heavy atom. The molecule has 0 saturated heterocycles. The Morgan fingerprint density at radius 1 is 0.767 bits per heavy atom. The number of benzene rings is 2. The molecule has 0 aliphatic carbocycles. The summed E-state index contributed by atoms with van der Waals surface area (Å²) in [4.78, 5) is 12.5. The summed E-state index contributed by atoms with van der Waals surface area (Å²) in [5.74, 6) is 1.82. The van der Waals surface area contributed by atoms with E-state index in [2.05, 4.69) is 0 Å². The SMILES string of the molecule is Cc1ccc(-c2ccc(/C=C/C(=O)c3ccc(-c4ccc(C)c(Cl)c4)o3)o2)cc1Cl. The molecule has 2 aromatic carbocycles. The highest BCUT2D eigenvalue weighted by Gasteiger charge is 2.11. The summed E-state index contributed by atoms with van der Waals surface area (Å²) in [5.41, 5.74) is 3.69. The standard InChI is InChI=1S/C25H18Cl2O3/c1-15-3-5-17(13-20(15)26)23-10-8-19(29-23)7-9-22(28)25-12-11-24(30-25)18-6-4-16(2)21(27)14-18/h3-14H,1-2H3/b9-7+. The number of rotatable bonds is 5. The van der Waals surface area contributed by atoms with Gasteiger partial charge in [-0.3, -0.25) is 4.79 Å². The normalized spacial score (nSPS) is 11.3. The van der Waals surface area contributed by atoms with E-state index in [0.717, 1.165) is 22.3 Å². The van der Waals surface area contributed by atoms with E-state index in [9.17, 15) is 4.79 Å². The van der Waals surface area contributed by atoms with Crippen LogP contribution in [-0.2, 0) is 0 Å². The molecule has 4 rings (SSSR count). The van der Waals surface area contributed by atoms with Crippen molar-refractivity contribution in [3.63, 3.8) is 0 Å². The van der Waals surface area contributed by atoms with Crippen molar-refractivity contribution in [3.8, 4) is 22.6 Å². The molecule has 0 bridgehead atoms. The first kappa shape index (κ1) is 20.3. The number of carbonyl (C=O) groups excluding carboxylic acids is 1. The van der Waals surface area contributed by atoms with Gasteiger partial charge in [0.1, 0.15) is 17.3 Å². The molecule has 0 spiro atoms. The minimum absolute atomic E-state index is 0.245. The van der Waals surface area contributed by atoms with Crippen LogP contribution in [0.4, 0.5) is 0 Å². The van der Waals surface area contributed by atoms with Crippen LogP contribution in [0.15, 0.2) is 75.6 Å². The molecule has 0 fully saturated rings. The van der Waals surface area contributed by atoms with Crippen LogP contribution in [0.2, 0.25) is 10.0 Å². The maximum atomic E-state index is 12.5. The van der Waals surface area contributed by atoms with E-state index in [1.54, 1.807) is 24.3 Å². The van der Waals surface area contributed by atoms with Crippen molar-refractivity contribution in [2.45, 2.75) is 13.8 Å². The number of furan rings is 2. The van der Waals surface area contributed by atoms with Gasteiger partial charge in [0.25, 0.3) is 0 Å². The second-order valence-corrected chi connectivity index (χ2v) is 7.81. The van der Waals surface area contributed by atoms with Gasteiger partial charge in [-0.2, -0.15) is 0 Å². The molecule has 0 saturated carbocycles. The van der Waals surface area contributed by atoms with Gasteiger partial charge < -0.3 is 8.83 Å². The fourth-order valence-electron chi connectivity index (χ4n) is 2.96. The van der Waals surface area contributed by atoms with Crippen molar-refractivity contribution >= 4 is 35.1 Å².